The molecule has 1 aromatic heterocycles. The normalized spacial score (nSPS) is 19.1. The van der Waals surface area contributed by atoms with Crippen LogP contribution < -0.4 is 15.4 Å². The van der Waals surface area contributed by atoms with E-state index in [1.165, 1.54) is 16.7 Å². The molecule has 6 heteroatoms. The number of nitrogens with one attached hydrogen (secondary N) is 2. The summed E-state index contributed by atoms with van der Waals surface area (Å²) in [6.45, 7) is 3.79. The van der Waals surface area contributed by atoms with Gasteiger partial charge in [0.25, 0.3) is 0 Å². The highest BCUT2D eigenvalue weighted by molar-refractivity contribution is 5.74. The summed E-state index contributed by atoms with van der Waals surface area (Å²) >= 11 is 0. The van der Waals surface area contributed by atoms with Crippen LogP contribution in [0.1, 0.15) is 23.1 Å². The van der Waals surface area contributed by atoms with Crippen LogP contribution in [0.15, 0.2) is 42.6 Å². The van der Waals surface area contributed by atoms with Gasteiger partial charge in [-0.25, -0.2) is 9.78 Å². The van der Waals surface area contributed by atoms with Gasteiger partial charge in [0.05, 0.1) is 6.54 Å². The van der Waals surface area contributed by atoms with Crippen LogP contribution in [-0.2, 0) is 19.5 Å². The van der Waals surface area contributed by atoms with Gasteiger partial charge < -0.3 is 20.3 Å². The van der Waals surface area contributed by atoms with E-state index in [4.69, 9.17) is 4.74 Å². The van der Waals surface area contributed by atoms with Crippen LogP contribution in [-0.4, -0.2) is 41.7 Å². The summed E-state index contributed by atoms with van der Waals surface area (Å²) in [6, 6.07) is 11.9. The fraction of sp³-hybridized carbons (Fsp3) is 0.400. The van der Waals surface area contributed by atoms with Gasteiger partial charge >= 0.3 is 6.03 Å². The molecule has 1 aromatic carbocycles. The Morgan fingerprint density at radius 2 is 2.27 bits per heavy atom. The lowest BCUT2D eigenvalue weighted by molar-refractivity contribution is 0.183. The molecule has 2 aliphatic heterocycles. The number of aromatic nitrogens is 1. The molecule has 26 heavy (non-hydrogen) atoms. The molecule has 0 aliphatic carbocycles. The van der Waals surface area contributed by atoms with E-state index in [2.05, 4.69) is 33.8 Å². The quantitative estimate of drug-likeness (QED) is 0.884. The second-order valence-corrected chi connectivity index (χ2v) is 6.78. The lowest BCUT2D eigenvalue weighted by Crippen LogP contribution is -2.39. The summed E-state index contributed by atoms with van der Waals surface area (Å²) in [6.07, 6.45) is 3.57. The maximum atomic E-state index is 12.5. The lowest BCUT2D eigenvalue weighted by atomic mass is 9.95. The first-order chi connectivity index (χ1) is 12.8. The van der Waals surface area contributed by atoms with Crippen LogP contribution in [0, 0.1) is 0 Å². The van der Waals surface area contributed by atoms with Crippen molar-refractivity contribution in [3.05, 3.63) is 59.3 Å². The molecule has 2 aliphatic rings. The van der Waals surface area contributed by atoms with Crippen LogP contribution in [0.5, 0.6) is 5.88 Å². The number of likely N-dealkylation sites (tertiary alicyclic amines) is 1. The van der Waals surface area contributed by atoms with Crippen molar-refractivity contribution in [3.8, 4) is 5.88 Å². The van der Waals surface area contributed by atoms with Crippen molar-refractivity contribution in [2.75, 3.05) is 19.6 Å². The van der Waals surface area contributed by atoms with Gasteiger partial charge in [-0.2, -0.15) is 0 Å². The van der Waals surface area contributed by atoms with Crippen molar-refractivity contribution in [1.29, 1.82) is 0 Å². The topological polar surface area (TPSA) is 66.5 Å². The Labute approximate surface area is 153 Å². The van der Waals surface area contributed by atoms with Crippen molar-refractivity contribution in [2.24, 2.45) is 0 Å². The van der Waals surface area contributed by atoms with Crippen LogP contribution >= 0.6 is 0 Å². The third kappa shape index (κ3) is 3.80. The highest BCUT2D eigenvalue weighted by Crippen LogP contribution is 2.19. The monoisotopic (exact) mass is 352 g/mol. The molecule has 2 amide bonds. The third-order valence-electron chi connectivity index (χ3n) is 5.02. The molecule has 6 nitrogen and oxygen atoms in total. The van der Waals surface area contributed by atoms with Crippen molar-refractivity contribution in [2.45, 2.75) is 32.0 Å². The Hall–Kier alpha value is -2.60. The van der Waals surface area contributed by atoms with E-state index >= 15 is 0 Å². The molecule has 0 bridgehead atoms. The number of hydrogen-bond donors (Lipinski definition) is 2. The maximum Gasteiger partial charge on any atom is 0.317 e. The molecule has 1 fully saturated rings. The van der Waals surface area contributed by atoms with Crippen molar-refractivity contribution >= 4 is 6.03 Å². The van der Waals surface area contributed by atoms with E-state index in [0.29, 0.717) is 25.5 Å². The van der Waals surface area contributed by atoms with E-state index in [0.717, 1.165) is 25.9 Å². The highest BCUT2D eigenvalue weighted by Gasteiger charge is 2.28. The van der Waals surface area contributed by atoms with Crippen LogP contribution in [0.3, 0.4) is 0 Å². The summed E-state index contributed by atoms with van der Waals surface area (Å²) in [7, 11) is 0. The zero-order valence-electron chi connectivity index (χ0n) is 14.8. The molecule has 1 saturated heterocycles. The second kappa shape index (κ2) is 7.74. The first-order valence-electron chi connectivity index (χ1n) is 9.20. The third-order valence-corrected chi connectivity index (χ3v) is 5.02. The molecule has 1 atom stereocenters. The smallest absolute Gasteiger partial charge is 0.317 e. The van der Waals surface area contributed by atoms with E-state index < -0.39 is 0 Å². The average Bonchev–Trinajstić information content (AvgIpc) is 3.15. The fourth-order valence-electron chi connectivity index (χ4n) is 3.66. The number of carbonyl (C=O) groups is 1. The number of pyridine rings is 1. The van der Waals surface area contributed by atoms with E-state index in [1.54, 1.807) is 6.20 Å². The molecule has 4 rings (SSSR count). The molecule has 3 heterocycles. The number of urea groups is 1. The molecule has 136 valence electrons. The van der Waals surface area contributed by atoms with Gasteiger partial charge in [0.2, 0.25) is 5.88 Å². The standard InChI is InChI=1S/C20H24N4O2/c25-20(23-13-16-5-3-4-15-12-21-10-7-18(15)16)24-11-8-17(14-24)26-19-6-1-2-9-22-19/h1-6,9,17,21H,7-8,10-14H2,(H,23,25). The van der Waals surface area contributed by atoms with Gasteiger partial charge in [0, 0.05) is 38.3 Å². The van der Waals surface area contributed by atoms with Gasteiger partial charge in [-0.05, 0) is 35.7 Å². The summed E-state index contributed by atoms with van der Waals surface area (Å²) in [5, 5.41) is 6.46. The van der Waals surface area contributed by atoms with E-state index in [1.807, 2.05) is 23.1 Å². The largest absolute Gasteiger partial charge is 0.472 e. The molecule has 0 spiro atoms. The molecule has 2 N–H and O–H groups in total. The van der Waals surface area contributed by atoms with Crippen molar-refractivity contribution in [3.63, 3.8) is 0 Å². The summed E-state index contributed by atoms with van der Waals surface area (Å²) in [5.74, 6) is 0.615. The number of amides is 2. The Bertz CT molecular complexity index is 766. The summed E-state index contributed by atoms with van der Waals surface area (Å²) in [5.41, 5.74) is 3.94. The molecular formula is C20H24N4O2. The lowest BCUT2D eigenvalue weighted by Gasteiger charge is -2.22. The zero-order valence-corrected chi connectivity index (χ0v) is 14.8. The molecule has 1 unspecified atom stereocenters. The molecule has 2 aromatic rings. The van der Waals surface area contributed by atoms with E-state index in [9.17, 15) is 4.79 Å². The molecule has 0 saturated carbocycles. The average molecular weight is 352 g/mol. The van der Waals surface area contributed by atoms with Crippen molar-refractivity contribution < 1.29 is 9.53 Å². The van der Waals surface area contributed by atoms with Gasteiger partial charge in [-0.3, -0.25) is 0 Å². The number of rotatable bonds is 4. The van der Waals surface area contributed by atoms with Gasteiger partial charge in [-0.15, -0.1) is 0 Å². The van der Waals surface area contributed by atoms with Crippen LogP contribution in [0.4, 0.5) is 4.79 Å². The van der Waals surface area contributed by atoms with Gasteiger partial charge in [0.1, 0.15) is 6.10 Å². The number of fused-ring (bicyclic) bond motifs is 1. The Morgan fingerprint density at radius 1 is 1.31 bits per heavy atom. The molecular weight excluding hydrogens is 328 g/mol. The Balaban J connectivity index is 1.31. The minimum atomic E-state index is -0.0244. The first-order valence-corrected chi connectivity index (χ1v) is 9.20. The first kappa shape index (κ1) is 16.8. The predicted octanol–water partition coefficient (Wildman–Crippen LogP) is 2.09. The number of nitrogens with zero attached hydrogens (tertiary/aromatic N) is 2. The Kier molecular flexibility index (Phi) is 5.02. The molecule has 0 radical (unpaired) electrons. The minimum absolute atomic E-state index is 0.00575. The summed E-state index contributed by atoms with van der Waals surface area (Å²) in [4.78, 5) is 18.5. The van der Waals surface area contributed by atoms with E-state index in [-0.39, 0.29) is 12.1 Å². The number of ether oxygens (including phenoxy) is 1. The van der Waals surface area contributed by atoms with Crippen LogP contribution in [0.25, 0.3) is 0 Å². The predicted molar refractivity (Wildman–Crippen MR) is 98.9 cm³/mol. The number of carbonyl (C=O) groups excluding carboxylic acids is 1. The van der Waals surface area contributed by atoms with Crippen LogP contribution in [0.2, 0.25) is 0 Å². The fourth-order valence-corrected chi connectivity index (χ4v) is 3.66. The SMILES string of the molecule is O=C(NCc1cccc2c1CCNC2)N1CCC(Oc2ccccn2)C1. The minimum Gasteiger partial charge on any atom is -0.472 e. The van der Waals surface area contributed by atoms with Gasteiger partial charge in [-0.1, -0.05) is 24.3 Å². The highest BCUT2D eigenvalue weighted by atomic mass is 16.5. The van der Waals surface area contributed by atoms with Gasteiger partial charge in [0.15, 0.2) is 0 Å². The Morgan fingerprint density at radius 3 is 3.15 bits per heavy atom. The number of benzene rings is 1. The second-order valence-electron chi connectivity index (χ2n) is 6.78. The number of hydrogen-bond acceptors (Lipinski definition) is 4. The van der Waals surface area contributed by atoms with Crippen molar-refractivity contribution in [1.82, 2.24) is 20.5 Å². The maximum absolute atomic E-state index is 12.5. The summed E-state index contributed by atoms with van der Waals surface area (Å²) < 4.78 is 5.85. The zero-order chi connectivity index (χ0) is 17.8.